The Morgan fingerprint density at radius 1 is 0.842 bits per heavy atom. The maximum absolute atomic E-state index is 15.4. The van der Waals surface area contributed by atoms with Crippen molar-refractivity contribution in [2.75, 3.05) is 10.3 Å². The normalized spacial score (nSPS) is 25.2. The third kappa shape index (κ3) is 6.10. The van der Waals surface area contributed by atoms with Gasteiger partial charge in [0.1, 0.15) is 23.9 Å². The second-order valence-electron chi connectivity index (χ2n) is 14.9. The number of allylic oxidation sites excluding steroid dienone is 2. The van der Waals surface area contributed by atoms with E-state index in [9.17, 15) is 23.9 Å². The van der Waals surface area contributed by atoms with Crippen LogP contribution < -0.4 is 15.1 Å². The molecule has 4 aliphatic rings. The zero-order valence-electron chi connectivity index (χ0n) is 30.1. The Balaban J connectivity index is 1.20. The molecule has 2 heterocycles. The lowest BCUT2D eigenvalue weighted by Crippen LogP contribution is -2.53. The molecular formula is C45H34ClFIN3O6. The van der Waals surface area contributed by atoms with Crippen LogP contribution in [0, 0.1) is 33.1 Å². The van der Waals surface area contributed by atoms with Crippen molar-refractivity contribution in [3.05, 3.63) is 164 Å². The largest absolute Gasteiger partial charge is 0.508 e. The van der Waals surface area contributed by atoms with Crippen LogP contribution in [0.4, 0.5) is 15.8 Å². The molecule has 9 nitrogen and oxygen atoms in total. The molecule has 286 valence electrons. The predicted molar refractivity (Wildman–Crippen MR) is 220 cm³/mol. The molecule has 0 aromatic heterocycles. The smallest absolute Gasteiger partial charge is 0.260 e. The maximum Gasteiger partial charge on any atom is 0.260 e. The Kier molecular flexibility index (Phi) is 9.39. The Bertz CT molecular complexity index is 2460. The van der Waals surface area contributed by atoms with Crippen LogP contribution in [-0.4, -0.2) is 33.7 Å². The maximum atomic E-state index is 15.4. The van der Waals surface area contributed by atoms with Crippen LogP contribution in [0.5, 0.6) is 11.5 Å². The molecule has 2 aliphatic carbocycles. The number of imide groups is 2. The summed E-state index contributed by atoms with van der Waals surface area (Å²) in [5.74, 6) is -6.27. The van der Waals surface area contributed by atoms with Gasteiger partial charge in [-0.3, -0.25) is 29.5 Å². The molecule has 2 N–H and O–H groups in total. The number of nitrogens with zero attached hydrogens (tertiary/aromatic N) is 2. The number of carbonyl (C=O) groups is 4. The minimum Gasteiger partial charge on any atom is -0.508 e. The monoisotopic (exact) mass is 893 g/mol. The molecule has 1 saturated carbocycles. The lowest BCUT2D eigenvalue weighted by Gasteiger charge is -2.50. The zero-order valence-corrected chi connectivity index (χ0v) is 33.1. The van der Waals surface area contributed by atoms with E-state index in [1.54, 1.807) is 48.5 Å². The molecule has 5 aromatic rings. The fourth-order valence-corrected chi connectivity index (χ4v) is 9.93. The van der Waals surface area contributed by atoms with Crippen LogP contribution in [0.3, 0.4) is 0 Å². The van der Waals surface area contributed by atoms with Gasteiger partial charge in [-0.2, -0.15) is 5.01 Å². The minimum atomic E-state index is -1.64. The second kappa shape index (κ2) is 14.4. The van der Waals surface area contributed by atoms with E-state index < -0.39 is 52.6 Å². The standard InChI is InChI=1S/C45H34ClFIN3O6/c46-27-8-6-26(7-9-27)45-37(42(54)51(44(45)56)49-30-14-10-28(47)11-15-30)23-36-33(20-21-35-39(36)43(55)50(41(35)53)31-16-12-29(48)13-17-31)40(45)34-19-18-32(22-38(34)52)57-24-25-4-2-1-3-5-25/h1-20,22,35-37,39-40,49,52H,21,23-24H2. The van der Waals surface area contributed by atoms with Crippen LogP contribution in [0.2, 0.25) is 5.02 Å². The number of nitrogens with one attached hydrogen (secondary N) is 1. The number of phenols is 1. The lowest BCUT2D eigenvalue weighted by atomic mass is 9.49. The molecule has 6 unspecified atom stereocenters. The van der Waals surface area contributed by atoms with Gasteiger partial charge in [0, 0.05) is 26.1 Å². The van der Waals surface area contributed by atoms with E-state index in [-0.39, 0.29) is 37.0 Å². The number of amides is 4. The van der Waals surface area contributed by atoms with Crippen molar-refractivity contribution in [2.24, 2.45) is 23.7 Å². The molecule has 3 fully saturated rings. The summed E-state index contributed by atoms with van der Waals surface area (Å²) in [4.78, 5) is 60.2. The van der Waals surface area contributed by atoms with Crippen LogP contribution in [0.1, 0.15) is 35.4 Å². The van der Waals surface area contributed by atoms with Gasteiger partial charge in [-0.15, -0.1) is 0 Å². The van der Waals surface area contributed by atoms with E-state index in [0.717, 1.165) is 14.1 Å². The number of aromatic hydroxyl groups is 1. The molecule has 6 atom stereocenters. The van der Waals surface area contributed by atoms with Gasteiger partial charge in [0.25, 0.3) is 11.8 Å². The van der Waals surface area contributed by atoms with Crippen LogP contribution in [0.15, 0.2) is 133 Å². The van der Waals surface area contributed by atoms with Crippen LogP contribution in [0.25, 0.3) is 0 Å². The van der Waals surface area contributed by atoms with E-state index in [2.05, 4.69) is 28.0 Å². The summed E-state index contributed by atoms with van der Waals surface area (Å²) in [6.45, 7) is 0.250. The van der Waals surface area contributed by atoms with Crippen molar-refractivity contribution in [3.63, 3.8) is 0 Å². The second-order valence-corrected chi connectivity index (χ2v) is 16.5. The number of hydrazine groups is 1. The van der Waals surface area contributed by atoms with Gasteiger partial charge in [0.15, 0.2) is 0 Å². The number of phenolic OH excluding ortho intramolecular Hbond substituents is 1. The third-order valence-corrected chi connectivity index (χ3v) is 12.9. The molecule has 9 rings (SSSR count). The molecule has 5 aromatic carbocycles. The molecule has 0 radical (unpaired) electrons. The first-order valence-corrected chi connectivity index (χ1v) is 20.0. The number of carbonyl (C=O) groups excluding carboxylic acids is 4. The van der Waals surface area contributed by atoms with E-state index in [1.165, 1.54) is 35.2 Å². The van der Waals surface area contributed by atoms with E-state index >= 15 is 4.79 Å². The SMILES string of the molecule is O=C1C2CC3C(=CCC4C(=O)N(c5ccc(I)cc5)C(=O)C43)C(c3ccc(OCc4ccccc4)cc3O)C2(c2ccc(Cl)cc2)C(=O)N1Nc1ccc(F)cc1. The highest BCUT2D eigenvalue weighted by Crippen LogP contribution is 2.65. The van der Waals surface area contributed by atoms with E-state index in [0.29, 0.717) is 38.8 Å². The molecule has 2 saturated heterocycles. The van der Waals surface area contributed by atoms with Crippen molar-refractivity contribution >= 4 is 69.2 Å². The first-order valence-electron chi connectivity index (χ1n) is 18.6. The average molecular weight is 894 g/mol. The van der Waals surface area contributed by atoms with Gasteiger partial charge >= 0.3 is 0 Å². The van der Waals surface area contributed by atoms with E-state index in [1.807, 2.05) is 48.5 Å². The van der Waals surface area contributed by atoms with Crippen molar-refractivity contribution in [1.82, 2.24) is 5.01 Å². The highest BCUT2D eigenvalue weighted by Gasteiger charge is 2.70. The quantitative estimate of drug-likeness (QED) is 0.0912. The summed E-state index contributed by atoms with van der Waals surface area (Å²) in [5.41, 5.74) is 4.54. The third-order valence-electron chi connectivity index (χ3n) is 11.9. The number of hydrogen-bond acceptors (Lipinski definition) is 7. The predicted octanol–water partition coefficient (Wildman–Crippen LogP) is 8.56. The highest BCUT2D eigenvalue weighted by atomic mass is 127. The van der Waals surface area contributed by atoms with Crippen molar-refractivity contribution in [3.8, 4) is 11.5 Å². The minimum absolute atomic E-state index is 0.0663. The summed E-state index contributed by atoms with van der Waals surface area (Å²) in [5, 5.41) is 13.4. The fraction of sp³-hybridized carbons (Fsp3) is 0.200. The molecule has 2 aliphatic heterocycles. The number of hydrogen-bond donors (Lipinski definition) is 2. The average Bonchev–Trinajstić information content (AvgIpc) is 3.59. The zero-order chi connectivity index (χ0) is 39.6. The van der Waals surface area contributed by atoms with Gasteiger partial charge in [-0.05, 0) is 119 Å². The topological polar surface area (TPSA) is 116 Å². The summed E-state index contributed by atoms with van der Waals surface area (Å²) < 4.78 is 21.0. The molecule has 4 amide bonds. The molecule has 12 heteroatoms. The van der Waals surface area contributed by atoms with Gasteiger partial charge in [0.2, 0.25) is 11.8 Å². The van der Waals surface area contributed by atoms with Crippen LogP contribution >= 0.6 is 34.2 Å². The number of anilines is 2. The van der Waals surface area contributed by atoms with Crippen molar-refractivity contribution < 1.29 is 33.4 Å². The molecule has 57 heavy (non-hydrogen) atoms. The lowest BCUT2D eigenvalue weighted by molar-refractivity contribution is -0.138. The molecular weight excluding hydrogens is 860 g/mol. The Morgan fingerprint density at radius 2 is 1.56 bits per heavy atom. The van der Waals surface area contributed by atoms with Gasteiger partial charge in [0.05, 0.1) is 34.5 Å². The Morgan fingerprint density at radius 3 is 2.26 bits per heavy atom. The fourth-order valence-electron chi connectivity index (χ4n) is 9.44. The summed E-state index contributed by atoms with van der Waals surface area (Å²) in [7, 11) is 0. The van der Waals surface area contributed by atoms with Crippen molar-refractivity contribution in [1.29, 1.82) is 0 Å². The number of ether oxygens (including phenoxy) is 1. The highest BCUT2D eigenvalue weighted by molar-refractivity contribution is 14.1. The summed E-state index contributed by atoms with van der Waals surface area (Å²) in [6, 6.07) is 33.7. The first-order chi connectivity index (χ1) is 27.6. The number of halogens is 3. The van der Waals surface area contributed by atoms with Gasteiger partial charge < -0.3 is 9.84 Å². The Hall–Kier alpha value is -5.53. The van der Waals surface area contributed by atoms with Gasteiger partial charge in [-0.25, -0.2) is 4.39 Å². The first kappa shape index (κ1) is 37.1. The summed E-state index contributed by atoms with van der Waals surface area (Å²) in [6.07, 6.45) is 2.22. The number of fused-ring (bicyclic) bond motifs is 4. The number of rotatable bonds is 8. The number of benzene rings is 5. The van der Waals surface area contributed by atoms with Gasteiger partial charge in [-0.1, -0.05) is 71.8 Å². The van der Waals surface area contributed by atoms with Crippen molar-refractivity contribution in [2.45, 2.75) is 30.8 Å². The van der Waals surface area contributed by atoms with Crippen LogP contribution in [-0.2, 0) is 31.2 Å². The molecule has 0 spiro atoms. The molecule has 0 bridgehead atoms. The summed E-state index contributed by atoms with van der Waals surface area (Å²) >= 11 is 8.57. The van der Waals surface area contributed by atoms with E-state index in [4.69, 9.17) is 16.3 Å². The Labute approximate surface area is 346 Å².